The van der Waals surface area contributed by atoms with Crippen molar-refractivity contribution in [3.05, 3.63) is 40.7 Å². The Kier molecular flexibility index (Phi) is 4.92. The Morgan fingerprint density at radius 2 is 2.25 bits per heavy atom. The monoisotopic (exact) mass is 327 g/mol. The lowest BCUT2D eigenvalue weighted by Crippen LogP contribution is -2.31. The third kappa shape index (κ3) is 3.63. The molecule has 2 aromatic rings. The predicted molar refractivity (Wildman–Crippen MR) is 91.5 cm³/mol. The van der Waals surface area contributed by atoms with E-state index in [1.165, 1.54) is 0 Å². The Bertz CT molecular complexity index is 737. The highest BCUT2D eigenvalue weighted by molar-refractivity contribution is 5.76. The summed E-state index contributed by atoms with van der Waals surface area (Å²) in [6.45, 7) is 6.82. The van der Waals surface area contributed by atoms with E-state index in [0.29, 0.717) is 6.42 Å². The summed E-state index contributed by atoms with van der Waals surface area (Å²) in [6.07, 6.45) is 8.10. The maximum Gasteiger partial charge on any atom is 0.220 e. The van der Waals surface area contributed by atoms with Crippen LogP contribution in [0.3, 0.4) is 0 Å². The van der Waals surface area contributed by atoms with Gasteiger partial charge >= 0.3 is 0 Å². The van der Waals surface area contributed by atoms with Gasteiger partial charge in [-0.05, 0) is 52.0 Å². The fourth-order valence-electron chi connectivity index (χ4n) is 3.28. The number of aryl methyl sites for hydroxylation is 5. The summed E-state index contributed by atoms with van der Waals surface area (Å²) in [6, 6.07) is 0.0429. The number of amides is 1. The van der Waals surface area contributed by atoms with Gasteiger partial charge in [-0.15, -0.1) is 0 Å². The van der Waals surface area contributed by atoms with Gasteiger partial charge in [-0.2, -0.15) is 5.10 Å². The number of hydrogen-bond acceptors (Lipinski definition) is 4. The second-order valence-corrected chi connectivity index (χ2v) is 6.43. The zero-order chi connectivity index (χ0) is 17.1. The molecule has 2 heterocycles. The zero-order valence-corrected chi connectivity index (χ0v) is 14.7. The van der Waals surface area contributed by atoms with Crippen molar-refractivity contribution in [2.45, 2.75) is 65.5 Å². The Labute approximate surface area is 142 Å². The molecule has 0 saturated carbocycles. The van der Waals surface area contributed by atoms with Gasteiger partial charge in [-0.3, -0.25) is 9.48 Å². The van der Waals surface area contributed by atoms with Crippen LogP contribution in [0.25, 0.3) is 0 Å². The molecule has 128 valence electrons. The van der Waals surface area contributed by atoms with Gasteiger partial charge in [0.05, 0.1) is 11.7 Å². The number of nitrogens with zero attached hydrogens (tertiary/aromatic N) is 4. The van der Waals surface area contributed by atoms with E-state index in [1.54, 1.807) is 0 Å². The normalized spacial score (nSPS) is 16.7. The summed E-state index contributed by atoms with van der Waals surface area (Å²) in [7, 11) is 0. The van der Waals surface area contributed by atoms with Crippen LogP contribution in [0.4, 0.5) is 0 Å². The minimum atomic E-state index is 0.0429. The average Bonchev–Trinajstić information content (AvgIpc) is 2.93. The molecule has 24 heavy (non-hydrogen) atoms. The van der Waals surface area contributed by atoms with Crippen LogP contribution >= 0.6 is 0 Å². The molecule has 1 atom stereocenters. The van der Waals surface area contributed by atoms with E-state index in [0.717, 1.165) is 60.6 Å². The molecule has 0 radical (unpaired) electrons. The van der Waals surface area contributed by atoms with Gasteiger partial charge in [0.2, 0.25) is 5.91 Å². The van der Waals surface area contributed by atoms with E-state index >= 15 is 0 Å². The lowest BCUT2D eigenvalue weighted by molar-refractivity contribution is -0.121. The molecule has 0 saturated heterocycles. The van der Waals surface area contributed by atoms with E-state index in [1.807, 2.05) is 30.9 Å². The zero-order valence-electron chi connectivity index (χ0n) is 14.7. The minimum absolute atomic E-state index is 0.0429. The van der Waals surface area contributed by atoms with Crippen LogP contribution in [0.5, 0.6) is 0 Å². The van der Waals surface area contributed by atoms with Crippen molar-refractivity contribution >= 4 is 5.91 Å². The van der Waals surface area contributed by atoms with Crippen molar-refractivity contribution in [2.75, 3.05) is 0 Å². The molecule has 0 aliphatic heterocycles. The summed E-state index contributed by atoms with van der Waals surface area (Å²) in [5.74, 6) is 0.876. The summed E-state index contributed by atoms with van der Waals surface area (Å²) in [5.41, 5.74) is 4.32. The molecule has 1 aliphatic carbocycles. The van der Waals surface area contributed by atoms with Gasteiger partial charge in [0.1, 0.15) is 5.82 Å². The summed E-state index contributed by atoms with van der Waals surface area (Å²) < 4.78 is 1.92. The highest BCUT2D eigenvalue weighted by atomic mass is 16.1. The molecule has 1 amide bonds. The molecule has 2 aromatic heterocycles. The van der Waals surface area contributed by atoms with Crippen molar-refractivity contribution in [1.29, 1.82) is 0 Å². The minimum Gasteiger partial charge on any atom is -0.349 e. The fourth-order valence-corrected chi connectivity index (χ4v) is 3.28. The smallest absolute Gasteiger partial charge is 0.220 e. The number of carbonyl (C=O) groups is 1. The van der Waals surface area contributed by atoms with E-state index in [4.69, 9.17) is 0 Å². The third-order valence-electron chi connectivity index (χ3n) is 4.63. The second-order valence-electron chi connectivity index (χ2n) is 6.43. The fraction of sp³-hybridized carbons (Fsp3) is 0.556. The summed E-state index contributed by atoms with van der Waals surface area (Å²) in [4.78, 5) is 21.2. The quantitative estimate of drug-likeness (QED) is 0.915. The highest BCUT2D eigenvalue weighted by Gasteiger charge is 2.23. The van der Waals surface area contributed by atoms with Crippen LogP contribution in [0.1, 0.15) is 60.6 Å². The number of carbonyl (C=O) groups excluding carboxylic acids is 1. The number of aromatic nitrogens is 4. The first kappa shape index (κ1) is 16.6. The molecule has 3 rings (SSSR count). The Balaban J connectivity index is 1.60. The van der Waals surface area contributed by atoms with E-state index in [9.17, 15) is 4.79 Å². The maximum absolute atomic E-state index is 12.4. The van der Waals surface area contributed by atoms with Gasteiger partial charge in [0.15, 0.2) is 0 Å². The van der Waals surface area contributed by atoms with E-state index in [-0.39, 0.29) is 11.9 Å². The van der Waals surface area contributed by atoms with E-state index < -0.39 is 0 Å². The van der Waals surface area contributed by atoms with Crippen LogP contribution in [0.2, 0.25) is 0 Å². The molecule has 0 bridgehead atoms. The second kappa shape index (κ2) is 7.11. The van der Waals surface area contributed by atoms with E-state index in [2.05, 4.69) is 27.3 Å². The molecule has 0 fully saturated rings. The van der Waals surface area contributed by atoms with Gasteiger partial charge in [0, 0.05) is 36.6 Å². The van der Waals surface area contributed by atoms with Gasteiger partial charge in [-0.25, -0.2) is 9.97 Å². The largest absolute Gasteiger partial charge is 0.349 e. The van der Waals surface area contributed by atoms with Crippen molar-refractivity contribution in [1.82, 2.24) is 25.1 Å². The molecule has 0 unspecified atom stereocenters. The van der Waals surface area contributed by atoms with Crippen molar-refractivity contribution in [3.8, 4) is 0 Å². The lowest BCUT2D eigenvalue weighted by atomic mass is 9.92. The third-order valence-corrected chi connectivity index (χ3v) is 4.63. The lowest BCUT2D eigenvalue weighted by Gasteiger charge is -2.25. The maximum atomic E-state index is 12.4. The predicted octanol–water partition coefficient (Wildman–Crippen LogP) is 2.44. The first-order valence-corrected chi connectivity index (χ1v) is 8.71. The average molecular weight is 327 g/mol. The van der Waals surface area contributed by atoms with Crippen LogP contribution in [-0.2, 0) is 24.2 Å². The SMILES string of the molecule is CCn1cc(CCC(=O)N[C@@H]2CCCc3nc(C)ncc32)c(C)n1. The standard InChI is InChI=1S/C18H25N5O/c1-4-23-11-14(12(2)22-23)8-9-18(24)21-17-7-5-6-16-15(17)10-19-13(3)20-16/h10-11,17H,4-9H2,1-3H3,(H,21,24)/t17-/m1/s1. The molecular weight excluding hydrogens is 302 g/mol. The van der Waals surface area contributed by atoms with Crippen LogP contribution in [0, 0.1) is 13.8 Å². The van der Waals surface area contributed by atoms with Gasteiger partial charge in [0.25, 0.3) is 0 Å². The first-order chi connectivity index (χ1) is 11.6. The summed E-state index contributed by atoms with van der Waals surface area (Å²) >= 11 is 0. The molecule has 6 nitrogen and oxygen atoms in total. The van der Waals surface area contributed by atoms with Crippen LogP contribution in [-0.4, -0.2) is 25.7 Å². The first-order valence-electron chi connectivity index (χ1n) is 8.71. The van der Waals surface area contributed by atoms with Crippen molar-refractivity contribution in [3.63, 3.8) is 0 Å². The molecule has 1 N–H and O–H groups in total. The molecular formula is C18H25N5O. The summed E-state index contributed by atoms with van der Waals surface area (Å²) in [5, 5.41) is 7.59. The Morgan fingerprint density at radius 3 is 3.00 bits per heavy atom. The van der Waals surface area contributed by atoms with Crippen LogP contribution in [0.15, 0.2) is 12.4 Å². The molecule has 0 spiro atoms. The van der Waals surface area contributed by atoms with Crippen molar-refractivity contribution in [2.24, 2.45) is 0 Å². The van der Waals surface area contributed by atoms with Gasteiger partial charge in [-0.1, -0.05) is 0 Å². The topological polar surface area (TPSA) is 72.7 Å². The highest BCUT2D eigenvalue weighted by Crippen LogP contribution is 2.28. The number of nitrogens with one attached hydrogen (secondary N) is 1. The van der Waals surface area contributed by atoms with Crippen LogP contribution < -0.4 is 5.32 Å². The molecule has 0 aromatic carbocycles. The number of rotatable bonds is 5. The number of hydrogen-bond donors (Lipinski definition) is 1. The van der Waals surface area contributed by atoms with Crippen molar-refractivity contribution < 1.29 is 4.79 Å². The Morgan fingerprint density at radius 1 is 1.42 bits per heavy atom. The number of fused-ring (bicyclic) bond motifs is 1. The Hall–Kier alpha value is -2.24. The van der Waals surface area contributed by atoms with Gasteiger partial charge < -0.3 is 5.32 Å². The molecule has 6 heteroatoms. The molecule has 1 aliphatic rings.